The van der Waals surface area contributed by atoms with Crippen LogP contribution in [0.15, 0.2) is 48.5 Å². The van der Waals surface area contributed by atoms with Gasteiger partial charge in [-0.15, -0.1) is 11.8 Å². The van der Waals surface area contributed by atoms with E-state index in [1.54, 1.807) is 18.2 Å². The van der Waals surface area contributed by atoms with E-state index in [1.807, 2.05) is 31.2 Å². The third kappa shape index (κ3) is 3.85. The van der Waals surface area contributed by atoms with E-state index in [2.05, 4.69) is 5.32 Å². The van der Waals surface area contributed by atoms with Crippen LogP contribution in [0.5, 0.6) is 0 Å². The van der Waals surface area contributed by atoms with E-state index >= 15 is 0 Å². The number of anilines is 2. The van der Waals surface area contributed by atoms with Crippen molar-refractivity contribution in [3.05, 3.63) is 59.9 Å². The molecule has 3 rings (SSSR count). The predicted molar refractivity (Wildman–Crippen MR) is 99.1 cm³/mol. The second-order valence-corrected chi connectivity index (χ2v) is 6.87. The number of carbonyl (C=O) groups is 2. The Balaban J connectivity index is 1.82. The standard InChI is InChI=1S/C19H19FN2O2S/c1-2-5-17(23)21-14-10-8-13(9-11-14)19-22(18(24)12-25-19)16-7-4-3-6-15(16)20/h3-4,6-11,19H,2,5,12H2,1H3,(H,21,23)/t19-/m1/s1. The van der Waals surface area contributed by atoms with Gasteiger partial charge in [-0.1, -0.05) is 31.2 Å². The molecular weight excluding hydrogens is 339 g/mol. The van der Waals surface area contributed by atoms with Gasteiger partial charge in [0.05, 0.1) is 11.4 Å². The van der Waals surface area contributed by atoms with Crippen LogP contribution in [-0.2, 0) is 9.59 Å². The van der Waals surface area contributed by atoms with Gasteiger partial charge in [-0.25, -0.2) is 4.39 Å². The lowest BCUT2D eigenvalue weighted by molar-refractivity contribution is -0.116. The Kier molecular flexibility index (Phi) is 5.38. The molecule has 2 aromatic carbocycles. The van der Waals surface area contributed by atoms with Gasteiger partial charge in [-0.2, -0.15) is 0 Å². The number of carbonyl (C=O) groups excluding carboxylic acids is 2. The van der Waals surface area contributed by atoms with Crippen LogP contribution < -0.4 is 10.2 Å². The van der Waals surface area contributed by atoms with Crippen molar-refractivity contribution in [3.63, 3.8) is 0 Å². The summed E-state index contributed by atoms with van der Waals surface area (Å²) in [4.78, 5) is 25.4. The molecule has 2 amide bonds. The highest BCUT2D eigenvalue weighted by molar-refractivity contribution is 8.00. The second kappa shape index (κ2) is 7.70. The Morgan fingerprint density at radius 2 is 1.96 bits per heavy atom. The Morgan fingerprint density at radius 3 is 2.64 bits per heavy atom. The summed E-state index contributed by atoms with van der Waals surface area (Å²) in [6, 6.07) is 13.7. The molecule has 1 saturated heterocycles. The highest BCUT2D eigenvalue weighted by Crippen LogP contribution is 2.42. The van der Waals surface area contributed by atoms with E-state index < -0.39 is 5.82 Å². The van der Waals surface area contributed by atoms with Crippen LogP contribution in [0.4, 0.5) is 15.8 Å². The van der Waals surface area contributed by atoms with E-state index in [9.17, 15) is 14.0 Å². The van der Waals surface area contributed by atoms with Crippen molar-refractivity contribution in [2.24, 2.45) is 0 Å². The lowest BCUT2D eigenvalue weighted by atomic mass is 10.1. The summed E-state index contributed by atoms with van der Waals surface area (Å²) in [5.41, 5.74) is 1.91. The van der Waals surface area contributed by atoms with Gasteiger partial charge in [0, 0.05) is 12.1 Å². The Hall–Kier alpha value is -2.34. The Bertz CT molecular complexity index is 779. The van der Waals surface area contributed by atoms with E-state index in [0.29, 0.717) is 23.5 Å². The molecule has 1 aliphatic rings. The molecule has 0 bridgehead atoms. The van der Waals surface area contributed by atoms with Crippen LogP contribution >= 0.6 is 11.8 Å². The average molecular weight is 358 g/mol. The molecule has 1 aliphatic heterocycles. The summed E-state index contributed by atoms with van der Waals surface area (Å²) in [5.74, 6) is -0.227. The number of nitrogens with zero attached hydrogens (tertiary/aromatic N) is 1. The number of halogens is 1. The molecule has 25 heavy (non-hydrogen) atoms. The minimum absolute atomic E-state index is 0.0198. The summed E-state index contributed by atoms with van der Waals surface area (Å²) in [5, 5.41) is 2.56. The Morgan fingerprint density at radius 1 is 1.24 bits per heavy atom. The fraction of sp³-hybridized carbons (Fsp3) is 0.263. The van der Waals surface area contributed by atoms with Gasteiger partial charge in [0.15, 0.2) is 0 Å². The second-order valence-electron chi connectivity index (χ2n) is 5.80. The lowest BCUT2D eigenvalue weighted by Gasteiger charge is -2.24. The molecule has 2 aromatic rings. The molecule has 6 heteroatoms. The molecule has 0 saturated carbocycles. The number of thioether (sulfide) groups is 1. The summed E-state index contributed by atoms with van der Waals surface area (Å²) < 4.78 is 14.1. The first-order valence-electron chi connectivity index (χ1n) is 8.18. The van der Waals surface area contributed by atoms with Crippen LogP contribution in [0, 0.1) is 5.82 Å². The smallest absolute Gasteiger partial charge is 0.238 e. The molecule has 4 nitrogen and oxygen atoms in total. The summed E-state index contributed by atoms with van der Waals surface area (Å²) in [6.07, 6.45) is 1.28. The van der Waals surface area contributed by atoms with E-state index in [0.717, 1.165) is 12.0 Å². The molecule has 0 unspecified atom stereocenters. The fourth-order valence-electron chi connectivity index (χ4n) is 2.76. The zero-order valence-electron chi connectivity index (χ0n) is 13.9. The topological polar surface area (TPSA) is 49.4 Å². The lowest BCUT2D eigenvalue weighted by Crippen LogP contribution is -2.28. The van der Waals surface area contributed by atoms with Crippen molar-refractivity contribution >= 4 is 35.0 Å². The van der Waals surface area contributed by atoms with Crippen molar-refractivity contribution < 1.29 is 14.0 Å². The molecule has 0 spiro atoms. The van der Waals surface area contributed by atoms with Crippen molar-refractivity contribution in [2.45, 2.75) is 25.1 Å². The van der Waals surface area contributed by atoms with Gasteiger partial charge in [-0.05, 0) is 36.2 Å². The normalized spacial score (nSPS) is 17.0. The third-order valence-corrected chi connectivity index (χ3v) is 5.15. The molecule has 0 aromatic heterocycles. The van der Waals surface area contributed by atoms with E-state index in [1.165, 1.54) is 22.7 Å². The van der Waals surface area contributed by atoms with Gasteiger partial charge in [-0.3, -0.25) is 14.5 Å². The first-order chi connectivity index (χ1) is 12.1. The average Bonchev–Trinajstić information content (AvgIpc) is 2.98. The molecular formula is C19H19FN2O2S. The zero-order valence-corrected chi connectivity index (χ0v) is 14.7. The molecule has 0 radical (unpaired) electrons. The summed E-state index contributed by atoms with van der Waals surface area (Å²) >= 11 is 1.47. The van der Waals surface area contributed by atoms with Crippen molar-refractivity contribution in [2.75, 3.05) is 16.0 Å². The minimum Gasteiger partial charge on any atom is -0.326 e. The third-order valence-electron chi connectivity index (χ3n) is 3.94. The molecule has 1 atom stereocenters. The quantitative estimate of drug-likeness (QED) is 0.865. The predicted octanol–water partition coefficient (Wildman–Crippen LogP) is 4.34. The molecule has 0 aliphatic carbocycles. The SMILES string of the molecule is CCCC(=O)Nc1ccc([C@H]2SCC(=O)N2c2ccccc2F)cc1. The monoisotopic (exact) mass is 358 g/mol. The van der Waals surface area contributed by atoms with Crippen LogP contribution in [0.25, 0.3) is 0 Å². The highest BCUT2D eigenvalue weighted by Gasteiger charge is 2.35. The number of benzene rings is 2. The maximum atomic E-state index is 14.1. The van der Waals surface area contributed by atoms with Crippen molar-refractivity contribution in [1.29, 1.82) is 0 Å². The van der Waals surface area contributed by atoms with Gasteiger partial charge in [0.25, 0.3) is 0 Å². The maximum Gasteiger partial charge on any atom is 0.238 e. The van der Waals surface area contributed by atoms with Crippen LogP contribution in [0.3, 0.4) is 0 Å². The van der Waals surface area contributed by atoms with Gasteiger partial charge in [0.1, 0.15) is 11.2 Å². The molecule has 1 heterocycles. The fourth-order valence-corrected chi connectivity index (χ4v) is 3.93. The largest absolute Gasteiger partial charge is 0.326 e. The molecule has 130 valence electrons. The Labute approximate surface area is 150 Å². The number of rotatable bonds is 5. The van der Waals surface area contributed by atoms with Gasteiger partial charge >= 0.3 is 0 Å². The van der Waals surface area contributed by atoms with E-state index in [-0.39, 0.29) is 17.2 Å². The molecule has 1 N–H and O–H groups in total. The number of amides is 2. The van der Waals surface area contributed by atoms with Crippen LogP contribution in [0.1, 0.15) is 30.7 Å². The highest BCUT2D eigenvalue weighted by atomic mass is 32.2. The first-order valence-corrected chi connectivity index (χ1v) is 9.23. The van der Waals surface area contributed by atoms with E-state index in [4.69, 9.17) is 0 Å². The number of para-hydroxylation sites is 1. The minimum atomic E-state index is -0.410. The van der Waals surface area contributed by atoms with Crippen molar-refractivity contribution in [1.82, 2.24) is 0 Å². The number of nitrogens with one attached hydrogen (secondary N) is 1. The van der Waals surface area contributed by atoms with Gasteiger partial charge in [0.2, 0.25) is 11.8 Å². The zero-order chi connectivity index (χ0) is 17.8. The summed E-state index contributed by atoms with van der Waals surface area (Å²) in [6.45, 7) is 1.95. The number of hydrogen-bond donors (Lipinski definition) is 1. The van der Waals surface area contributed by atoms with Crippen LogP contribution in [-0.4, -0.2) is 17.6 Å². The molecule has 1 fully saturated rings. The first kappa shape index (κ1) is 17.5. The van der Waals surface area contributed by atoms with Gasteiger partial charge < -0.3 is 5.32 Å². The summed E-state index contributed by atoms with van der Waals surface area (Å²) in [7, 11) is 0. The van der Waals surface area contributed by atoms with Crippen molar-refractivity contribution in [3.8, 4) is 0 Å². The number of hydrogen-bond acceptors (Lipinski definition) is 3. The van der Waals surface area contributed by atoms with Crippen LogP contribution in [0.2, 0.25) is 0 Å². The maximum absolute atomic E-state index is 14.1.